The molecule has 3 rings (SSSR count). The van der Waals surface area contributed by atoms with Crippen LogP contribution in [-0.4, -0.2) is 71.0 Å². The van der Waals surface area contributed by atoms with Crippen molar-refractivity contribution < 1.29 is 28.6 Å². The molecule has 0 bridgehead atoms. The van der Waals surface area contributed by atoms with Crippen molar-refractivity contribution in [1.29, 1.82) is 0 Å². The van der Waals surface area contributed by atoms with Gasteiger partial charge in [0.15, 0.2) is 0 Å². The zero-order chi connectivity index (χ0) is 30.9. The summed E-state index contributed by atoms with van der Waals surface area (Å²) in [7, 11) is 0. The van der Waals surface area contributed by atoms with Crippen LogP contribution < -0.4 is 5.32 Å². The van der Waals surface area contributed by atoms with E-state index in [1.807, 2.05) is 78.8 Å². The molecule has 3 amide bonds. The maximum Gasteiger partial charge on any atom is 0.412 e. The first-order valence-electron chi connectivity index (χ1n) is 15.7. The fourth-order valence-corrected chi connectivity index (χ4v) is 6.00. The van der Waals surface area contributed by atoms with Crippen LogP contribution in [0.4, 0.5) is 9.59 Å². The molecule has 236 valence electrons. The van der Waals surface area contributed by atoms with Crippen LogP contribution in [0.1, 0.15) is 99.0 Å². The summed E-state index contributed by atoms with van der Waals surface area (Å²) in [6.07, 6.45) is 5.82. The Hall–Kier alpha value is -2.81. The highest BCUT2D eigenvalue weighted by Gasteiger charge is 2.52. The molecule has 9 nitrogen and oxygen atoms in total. The molecule has 1 N–H and O–H groups in total. The first-order chi connectivity index (χ1) is 19.7. The first kappa shape index (κ1) is 33.7. The van der Waals surface area contributed by atoms with Crippen LogP contribution in [0.3, 0.4) is 0 Å². The van der Waals surface area contributed by atoms with E-state index in [1.165, 1.54) is 19.3 Å². The molecule has 9 heteroatoms. The van der Waals surface area contributed by atoms with Crippen LogP contribution in [0.5, 0.6) is 0 Å². The molecule has 1 aromatic rings. The van der Waals surface area contributed by atoms with Gasteiger partial charge in [0.2, 0.25) is 5.91 Å². The third-order valence-electron chi connectivity index (χ3n) is 7.87. The number of amides is 3. The SMILES string of the molecule is CC(C)CC(=O)N(CCNC(=O)OCc1ccccc1)C[C@@H]1OC(C)(C)N(C(=O)OC(C)(C)C)[C@H]1CC1CCCCC1. The number of alkyl carbamates (subject to hydrolysis) is 1. The molecule has 2 atom stereocenters. The Labute approximate surface area is 252 Å². The average Bonchev–Trinajstić information content (AvgIpc) is 3.15. The highest BCUT2D eigenvalue weighted by Crippen LogP contribution is 2.39. The second kappa shape index (κ2) is 15.1. The van der Waals surface area contributed by atoms with E-state index in [9.17, 15) is 14.4 Å². The second-order valence-corrected chi connectivity index (χ2v) is 13.7. The van der Waals surface area contributed by atoms with Crippen LogP contribution in [0.2, 0.25) is 0 Å². The molecule has 2 fully saturated rings. The highest BCUT2D eigenvalue weighted by molar-refractivity contribution is 5.76. The van der Waals surface area contributed by atoms with Gasteiger partial charge in [0.1, 0.15) is 17.9 Å². The van der Waals surface area contributed by atoms with Gasteiger partial charge >= 0.3 is 12.2 Å². The van der Waals surface area contributed by atoms with Gasteiger partial charge in [-0.15, -0.1) is 0 Å². The van der Waals surface area contributed by atoms with Crippen molar-refractivity contribution in [3.05, 3.63) is 35.9 Å². The third kappa shape index (κ3) is 10.5. The molecule has 0 radical (unpaired) electrons. The lowest BCUT2D eigenvalue weighted by Crippen LogP contribution is -2.52. The summed E-state index contributed by atoms with van der Waals surface area (Å²) < 4.78 is 17.8. The first-order valence-corrected chi connectivity index (χ1v) is 15.7. The molecule has 0 aromatic heterocycles. The summed E-state index contributed by atoms with van der Waals surface area (Å²) in [5.41, 5.74) is -0.625. The van der Waals surface area contributed by atoms with Gasteiger partial charge in [0.25, 0.3) is 0 Å². The van der Waals surface area contributed by atoms with E-state index in [0.717, 1.165) is 24.8 Å². The molecule has 0 spiro atoms. The number of nitrogens with one attached hydrogen (secondary N) is 1. The number of carbonyl (C=O) groups is 3. The molecule has 2 aliphatic rings. The highest BCUT2D eigenvalue weighted by atomic mass is 16.6. The maximum atomic E-state index is 13.5. The number of nitrogens with zero attached hydrogens (tertiary/aromatic N) is 2. The van der Waals surface area contributed by atoms with Crippen molar-refractivity contribution in [1.82, 2.24) is 15.1 Å². The molecule has 1 aromatic carbocycles. The maximum absolute atomic E-state index is 13.5. The quantitative estimate of drug-likeness (QED) is 0.318. The summed E-state index contributed by atoms with van der Waals surface area (Å²) >= 11 is 0. The average molecular weight is 588 g/mol. The molecule has 1 heterocycles. The number of benzene rings is 1. The van der Waals surface area contributed by atoms with E-state index in [4.69, 9.17) is 14.2 Å². The van der Waals surface area contributed by atoms with E-state index in [0.29, 0.717) is 25.4 Å². The lowest BCUT2D eigenvalue weighted by molar-refractivity contribution is -0.135. The Morgan fingerprint density at radius 2 is 1.76 bits per heavy atom. The number of carbonyl (C=O) groups excluding carboxylic acids is 3. The van der Waals surface area contributed by atoms with Gasteiger partial charge in [0.05, 0.1) is 12.1 Å². The minimum Gasteiger partial charge on any atom is -0.445 e. The van der Waals surface area contributed by atoms with Gasteiger partial charge in [-0.2, -0.15) is 0 Å². The Kier molecular flexibility index (Phi) is 12.1. The van der Waals surface area contributed by atoms with Crippen LogP contribution >= 0.6 is 0 Å². The van der Waals surface area contributed by atoms with Crippen molar-refractivity contribution in [3.8, 4) is 0 Å². The van der Waals surface area contributed by atoms with Gasteiger partial charge in [0, 0.05) is 26.1 Å². The van der Waals surface area contributed by atoms with Crippen LogP contribution in [0, 0.1) is 11.8 Å². The number of hydrogen-bond acceptors (Lipinski definition) is 6. The molecule has 1 aliphatic carbocycles. The third-order valence-corrected chi connectivity index (χ3v) is 7.87. The summed E-state index contributed by atoms with van der Waals surface area (Å²) in [4.78, 5) is 42.8. The van der Waals surface area contributed by atoms with E-state index in [1.54, 1.807) is 9.80 Å². The summed E-state index contributed by atoms with van der Waals surface area (Å²) in [5, 5.41) is 2.78. The lowest BCUT2D eigenvalue weighted by atomic mass is 9.83. The van der Waals surface area contributed by atoms with E-state index < -0.39 is 23.5 Å². The van der Waals surface area contributed by atoms with Crippen molar-refractivity contribution >= 4 is 18.1 Å². The van der Waals surface area contributed by atoms with E-state index in [-0.39, 0.29) is 37.1 Å². The van der Waals surface area contributed by atoms with E-state index >= 15 is 0 Å². The molecule has 1 saturated carbocycles. The summed E-state index contributed by atoms with van der Waals surface area (Å²) in [6, 6.07) is 9.27. The number of hydrogen-bond donors (Lipinski definition) is 1. The van der Waals surface area contributed by atoms with Gasteiger partial charge in [-0.25, -0.2) is 9.59 Å². The monoisotopic (exact) mass is 587 g/mol. The fourth-order valence-electron chi connectivity index (χ4n) is 6.00. The normalized spacial score (nSPS) is 20.8. The molecular formula is C33H53N3O6. The zero-order valence-corrected chi connectivity index (χ0v) is 26.8. The minimum absolute atomic E-state index is 0.00186. The van der Waals surface area contributed by atoms with Gasteiger partial charge in [-0.05, 0) is 58.4 Å². The minimum atomic E-state index is -0.890. The smallest absolute Gasteiger partial charge is 0.412 e. The second-order valence-electron chi connectivity index (χ2n) is 13.7. The molecule has 1 saturated heterocycles. The molecule has 42 heavy (non-hydrogen) atoms. The zero-order valence-electron chi connectivity index (χ0n) is 26.8. The number of ether oxygens (including phenoxy) is 3. The van der Waals surface area contributed by atoms with Crippen LogP contribution in [-0.2, 0) is 25.6 Å². The van der Waals surface area contributed by atoms with Crippen LogP contribution in [0.15, 0.2) is 30.3 Å². The molecular weight excluding hydrogens is 534 g/mol. The Balaban J connectivity index is 1.73. The Bertz CT molecular complexity index is 1020. The van der Waals surface area contributed by atoms with Crippen molar-refractivity contribution in [2.24, 2.45) is 11.8 Å². The van der Waals surface area contributed by atoms with Crippen LogP contribution in [0.25, 0.3) is 0 Å². The Morgan fingerprint density at radius 3 is 2.38 bits per heavy atom. The van der Waals surface area contributed by atoms with Crippen molar-refractivity contribution in [2.45, 2.75) is 123 Å². The molecule has 1 aliphatic heterocycles. The fraction of sp³-hybridized carbons (Fsp3) is 0.727. The topological polar surface area (TPSA) is 97.4 Å². The number of rotatable bonds is 11. The standard InChI is InChI=1S/C33H53N3O6/c1-24(2)20-29(37)35(19-18-34-30(38)40-23-26-16-12-9-13-17-26)22-28-27(21-25-14-10-8-11-15-25)36(33(6,7)41-28)31(39)42-32(3,4)5/h9,12-13,16-17,24-25,27-28H,8,10-11,14-15,18-23H2,1-7H3,(H,34,38)/t27-,28-/m0/s1. The molecule has 0 unspecified atom stereocenters. The van der Waals surface area contributed by atoms with E-state index in [2.05, 4.69) is 5.32 Å². The Morgan fingerprint density at radius 1 is 1.10 bits per heavy atom. The summed E-state index contributed by atoms with van der Waals surface area (Å²) in [5.74, 6) is 0.675. The van der Waals surface area contributed by atoms with Gasteiger partial charge in [-0.1, -0.05) is 76.3 Å². The predicted octanol–water partition coefficient (Wildman–Crippen LogP) is 6.50. The lowest BCUT2D eigenvalue weighted by Gasteiger charge is -2.37. The van der Waals surface area contributed by atoms with Crippen molar-refractivity contribution in [3.63, 3.8) is 0 Å². The van der Waals surface area contributed by atoms with Crippen molar-refractivity contribution in [2.75, 3.05) is 19.6 Å². The van der Waals surface area contributed by atoms with Gasteiger partial charge in [-0.3, -0.25) is 9.69 Å². The van der Waals surface area contributed by atoms with Gasteiger partial charge < -0.3 is 24.4 Å². The largest absolute Gasteiger partial charge is 0.445 e. The summed E-state index contributed by atoms with van der Waals surface area (Å²) in [6.45, 7) is 14.5. The predicted molar refractivity (Wildman–Crippen MR) is 163 cm³/mol.